The van der Waals surface area contributed by atoms with Gasteiger partial charge in [0.15, 0.2) is 5.82 Å². The Hall–Kier alpha value is -3.72. The molecule has 0 radical (unpaired) electrons. The molecule has 1 N–H and O–H groups in total. The zero-order valence-electron chi connectivity index (χ0n) is 13.1. The van der Waals surface area contributed by atoms with Crippen molar-refractivity contribution in [2.45, 2.75) is 5.03 Å². The van der Waals surface area contributed by atoms with Gasteiger partial charge in [0.1, 0.15) is 22.9 Å². The second-order valence-corrected chi connectivity index (χ2v) is 5.70. The Morgan fingerprint density at radius 3 is 2.46 bits per heavy atom. The first kappa shape index (κ1) is 17.1. The van der Waals surface area contributed by atoms with E-state index in [0.29, 0.717) is 10.7 Å². The van der Waals surface area contributed by atoms with E-state index in [9.17, 15) is 25.5 Å². The number of aromatic nitrogens is 3. The van der Waals surface area contributed by atoms with Crippen LogP contribution >= 0.6 is 11.8 Å². The van der Waals surface area contributed by atoms with Crippen molar-refractivity contribution >= 4 is 40.3 Å². The van der Waals surface area contributed by atoms with Crippen LogP contribution in [0.2, 0.25) is 0 Å². The molecule has 12 heteroatoms. The van der Waals surface area contributed by atoms with E-state index in [2.05, 4.69) is 15.4 Å². The molecular weight excluding hydrogens is 362 g/mol. The van der Waals surface area contributed by atoms with Gasteiger partial charge >= 0.3 is 5.69 Å². The first-order valence-corrected chi connectivity index (χ1v) is 8.20. The van der Waals surface area contributed by atoms with Crippen LogP contribution in [0.15, 0.2) is 35.5 Å². The molecule has 11 nitrogen and oxygen atoms in total. The lowest BCUT2D eigenvalue weighted by molar-refractivity contribution is -0.384. The molecule has 0 saturated carbocycles. The second kappa shape index (κ2) is 6.65. The van der Waals surface area contributed by atoms with Crippen molar-refractivity contribution in [2.24, 2.45) is 0 Å². The van der Waals surface area contributed by atoms with Gasteiger partial charge in [-0.25, -0.2) is 4.98 Å². The molecule has 0 aliphatic carbocycles. The number of non-ortho nitro benzene ring substituents is 1. The van der Waals surface area contributed by atoms with Gasteiger partial charge in [-0.15, -0.1) is 11.8 Å². The first-order valence-electron chi connectivity index (χ1n) is 6.98. The molecule has 1 aromatic carbocycles. The number of nitrogens with one attached hydrogen (secondary N) is 1. The topological polar surface area (TPSA) is 152 Å². The summed E-state index contributed by atoms with van der Waals surface area (Å²) in [7, 11) is 0. The Balaban J connectivity index is 2.18. The van der Waals surface area contributed by atoms with Gasteiger partial charge in [-0.2, -0.15) is 14.9 Å². The maximum atomic E-state index is 11.2. The van der Waals surface area contributed by atoms with Crippen LogP contribution in [0.4, 0.5) is 22.9 Å². The van der Waals surface area contributed by atoms with Crippen LogP contribution in [0.5, 0.6) is 0 Å². The van der Waals surface area contributed by atoms with E-state index in [1.807, 2.05) is 6.07 Å². The number of hydrogen-bond donors (Lipinski definition) is 1. The normalized spacial score (nSPS) is 10.5. The number of thioether (sulfide) groups is 1. The fraction of sp³-hybridized carbons (Fsp3) is 0.0714. The molecule has 2 heterocycles. The van der Waals surface area contributed by atoms with E-state index >= 15 is 0 Å². The summed E-state index contributed by atoms with van der Waals surface area (Å²) < 4.78 is 1.16. The molecule has 3 rings (SSSR count). The van der Waals surface area contributed by atoms with Crippen LogP contribution in [0, 0.1) is 31.6 Å². The predicted octanol–water partition coefficient (Wildman–Crippen LogP) is 2.88. The second-order valence-electron chi connectivity index (χ2n) is 4.91. The summed E-state index contributed by atoms with van der Waals surface area (Å²) in [5.74, 6) is 0.184. The monoisotopic (exact) mass is 371 g/mol. The quantitative estimate of drug-likeness (QED) is 0.308. The minimum Gasteiger partial charge on any atom is -0.339 e. The maximum absolute atomic E-state index is 11.2. The molecule has 0 unspecified atom stereocenters. The number of nitriles is 1. The van der Waals surface area contributed by atoms with Gasteiger partial charge in [0.2, 0.25) is 5.65 Å². The molecular formula is C14H9N7O4S. The Kier molecular flexibility index (Phi) is 4.38. The number of nitrogens with zero attached hydrogens (tertiary/aromatic N) is 6. The lowest BCUT2D eigenvalue weighted by Crippen LogP contribution is -2.06. The summed E-state index contributed by atoms with van der Waals surface area (Å²) in [4.78, 5) is 24.9. The Morgan fingerprint density at radius 2 is 1.92 bits per heavy atom. The van der Waals surface area contributed by atoms with E-state index < -0.39 is 9.85 Å². The van der Waals surface area contributed by atoms with Gasteiger partial charge in [0.25, 0.3) is 5.69 Å². The number of benzene rings is 1. The Labute approximate surface area is 149 Å². The lowest BCUT2D eigenvalue weighted by atomic mass is 10.2. The van der Waals surface area contributed by atoms with Gasteiger partial charge in [-0.3, -0.25) is 20.2 Å². The third-order valence-corrected chi connectivity index (χ3v) is 4.12. The SMILES string of the molecule is CSc1nc2c([N+](=O)[O-])cnn2c(Nc2ccc([N+](=O)[O-])cc2)c1C#N. The third-order valence-electron chi connectivity index (χ3n) is 3.44. The van der Waals surface area contributed by atoms with Gasteiger partial charge in [-0.05, 0) is 18.4 Å². The molecule has 0 atom stereocenters. The third kappa shape index (κ3) is 2.87. The summed E-state index contributed by atoms with van der Waals surface area (Å²) in [6.45, 7) is 0. The van der Waals surface area contributed by atoms with Crippen molar-refractivity contribution in [1.29, 1.82) is 5.26 Å². The largest absolute Gasteiger partial charge is 0.339 e. The number of nitro groups is 2. The van der Waals surface area contributed by atoms with E-state index in [-0.39, 0.29) is 28.4 Å². The highest BCUT2D eigenvalue weighted by Gasteiger charge is 2.23. The molecule has 0 spiro atoms. The van der Waals surface area contributed by atoms with E-state index in [1.54, 1.807) is 6.26 Å². The minimum absolute atomic E-state index is 0.0113. The molecule has 0 fully saturated rings. The number of fused-ring (bicyclic) bond motifs is 1. The fourth-order valence-electron chi connectivity index (χ4n) is 2.26. The molecule has 0 aliphatic rings. The van der Waals surface area contributed by atoms with E-state index in [0.717, 1.165) is 22.5 Å². The zero-order valence-corrected chi connectivity index (χ0v) is 13.9. The highest BCUT2D eigenvalue weighted by Crippen LogP contribution is 2.31. The van der Waals surface area contributed by atoms with Crippen molar-refractivity contribution in [1.82, 2.24) is 14.6 Å². The summed E-state index contributed by atoms with van der Waals surface area (Å²) in [5.41, 5.74) is 0.209. The van der Waals surface area contributed by atoms with E-state index in [4.69, 9.17) is 0 Å². The van der Waals surface area contributed by atoms with Crippen LogP contribution in [0.25, 0.3) is 5.65 Å². The first-order chi connectivity index (χ1) is 12.5. The zero-order chi connectivity index (χ0) is 18.8. The van der Waals surface area contributed by atoms with E-state index in [1.165, 1.54) is 24.3 Å². The van der Waals surface area contributed by atoms with Gasteiger partial charge in [0, 0.05) is 17.8 Å². The number of hydrogen-bond acceptors (Lipinski definition) is 9. The van der Waals surface area contributed by atoms with Crippen molar-refractivity contribution < 1.29 is 9.85 Å². The maximum Gasteiger partial charge on any atom is 0.333 e. The Bertz CT molecular complexity index is 1070. The number of rotatable bonds is 5. The average Bonchev–Trinajstić information content (AvgIpc) is 3.05. The van der Waals surface area contributed by atoms with Crippen molar-refractivity contribution in [3.63, 3.8) is 0 Å². The smallest absolute Gasteiger partial charge is 0.333 e. The van der Waals surface area contributed by atoms with Crippen LogP contribution < -0.4 is 5.32 Å². The molecule has 0 bridgehead atoms. The van der Waals surface area contributed by atoms with Crippen LogP contribution in [-0.4, -0.2) is 30.7 Å². The minimum atomic E-state index is -0.610. The highest BCUT2D eigenvalue weighted by molar-refractivity contribution is 7.98. The number of anilines is 2. The van der Waals surface area contributed by atoms with Crippen LogP contribution in [0.1, 0.15) is 5.56 Å². The molecule has 2 aromatic heterocycles. The fourth-order valence-corrected chi connectivity index (χ4v) is 2.78. The predicted molar refractivity (Wildman–Crippen MR) is 92.5 cm³/mol. The molecule has 3 aromatic rings. The highest BCUT2D eigenvalue weighted by atomic mass is 32.2. The standard InChI is InChI=1S/C14H9N7O4S/c1-26-14-10(6-15)12(17-8-2-4-9(5-3-8)20(22)23)19-13(18-14)11(7-16-19)21(24)25/h2-5,7,17H,1H3. The van der Waals surface area contributed by atoms with Crippen molar-refractivity contribution in [2.75, 3.05) is 11.6 Å². The van der Waals surface area contributed by atoms with Crippen LogP contribution in [-0.2, 0) is 0 Å². The summed E-state index contributed by atoms with van der Waals surface area (Å²) in [5, 5.41) is 38.6. The summed E-state index contributed by atoms with van der Waals surface area (Å²) in [6, 6.07) is 7.53. The Morgan fingerprint density at radius 1 is 1.23 bits per heavy atom. The average molecular weight is 371 g/mol. The molecule has 0 aliphatic heterocycles. The number of nitro benzene ring substituents is 1. The summed E-state index contributed by atoms with van der Waals surface area (Å²) in [6.07, 6.45) is 2.74. The lowest BCUT2D eigenvalue weighted by Gasteiger charge is -2.12. The summed E-state index contributed by atoms with van der Waals surface area (Å²) >= 11 is 1.16. The van der Waals surface area contributed by atoms with Gasteiger partial charge < -0.3 is 5.32 Å². The van der Waals surface area contributed by atoms with Crippen LogP contribution in [0.3, 0.4) is 0 Å². The molecule has 0 saturated heterocycles. The van der Waals surface area contributed by atoms with Crippen molar-refractivity contribution in [3.05, 3.63) is 56.3 Å². The molecule has 130 valence electrons. The van der Waals surface area contributed by atoms with Gasteiger partial charge in [-0.1, -0.05) is 0 Å². The molecule has 26 heavy (non-hydrogen) atoms. The van der Waals surface area contributed by atoms with Gasteiger partial charge in [0.05, 0.1) is 9.85 Å². The van der Waals surface area contributed by atoms with Crippen molar-refractivity contribution in [3.8, 4) is 6.07 Å². The molecule has 0 amide bonds.